The molecule has 3 N–H and O–H groups in total. The molecular weight excluding hydrogens is 126 g/mol. The van der Waals surface area contributed by atoms with Crippen LogP contribution < -0.4 is 5.73 Å². The molecule has 0 heterocycles. The van der Waals surface area contributed by atoms with E-state index in [1.807, 2.05) is 14.0 Å². The van der Waals surface area contributed by atoms with E-state index in [0.717, 1.165) is 0 Å². The maximum atomic E-state index is 7.19. The minimum Gasteiger partial charge on any atom is -0.386 e. The van der Waals surface area contributed by atoms with Crippen molar-refractivity contribution in [2.24, 2.45) is 5.73 Å². The standard InChI is InChI=1S/C7H15N3/c1-5(7(8)9)10(2)6-3-4-6/h5-6H,3-4H2,1-2H3,(H3,8,9). The molecule has 1 rings (SSSR count). The van der Waals surface area contributed by atoms with Crippen LogP contribution in [-0.2, 0) is 0 Å². The lowest BCUT2D eigenvalue weighted by molar-refractivity contribution is 0.299. The van der Waals surface area contributed by atoms with Gasteiger partial charge in [-0.3, -0.25) is 10.3 Å². The van der Waals surface area contributed by atoms with Gasteiger partial charge in [-0.15, -0.1) is 0 Å². The summed E-state index contributed by atoms with van der Waals surface area (Å²) in [5.74, 6) is 0.273. The summed E-state index contributed by atoms with van der Waals surface area (Å²) in [5.41, 5.74) is 5.34. The summed E-state index contributed by atoms with van der Waals surface area (Å²) in [6.45, 7) is 1.97. The first kappa shape index (κ1) is 7.54. The summed E-state index contributed by atoms with van der Waals surface area (Å²) in [7, 11) is 2.03. The summed E-state index contributed by atoms with van der Waals surface area (Å²) in [6.07, 6.45) is 2.54. The molecule has 1 atom stereocenters. The van der Waals surface area contributed by atoms with Crippen molar-refractivity contribution < 1.29 is 0 Å². The highest BCUT2D eigenvalue weighted by molar-refractivity contribution is 5.82. The first-order chi connectivity index (χ1) is 4.63. The molecule has 1 aliphatic rings. The van der Waals surface area contributed by atoms with Crippen LogP contribution in [-0.4, -0.2) is 29.9 Å². The van der Waals surface area contributed by atoms with Gasteiger partial charge in [-0.05, 0) is 26.8 Å². The summed E-state index contributed by atoms with van der Waals surface area (Å²) in [4.78, 5) is 2.17. The molecule has 0 aliphatic heterocycles. The minimum absolute atomic E-state index is 0.118. The fourth-order valence-electron chi connectivity index (χ4n) is 1.02. The molecule has 0 bridgehead atoms. The van der Waals surface area contributed by atoms with Crippen molar-refractivity contribution in [2.75, 3.05) is 7.05 Å². The quantitative estimate of drug-likeness (QED) is 0.441. The number of nitrogens with one attached hydrogen (secondary N) is 1. The normalized spacial score (nSPS) is 21.1. The Kier molecular flexibility index (Phi) is 1.94. The molecule has 0 spiro atoms. The maximum absolute atomic E-state index is 7.19. The van der Waals surface area contributed by atoms with E-state index in [-0.39, 0.29) is 11.9 Å². The van der Waals surface area contributed by atoms with Gasteiger partial charge in [-0.1, -0.05) is 0 Å². The molecule has 0 amide bonds. The van der Waals surface area contributed by atoms with Gasteiger partial charge in [0.25, 0.3) is 0 Å². The van der Waals surface area contributed by atoms with E-state index in [4.69, 9.17) is 11.1 Å². The molecule has 1 saturated carbocycles. The second-order valence-electron chi connectivity index (χ2n) is 3.03. The minimum atomic E-state index is 0.118. The number of nitrogens with two attached hydrogens (primary N) is 1. The highest BCUT2D eigenvalue weighted by Crippen LogP contribution is 2.26. The lowest BCUT2D eigenvalue weighted by Crippen LogP contribution is -2.40. The Morgan fingerprint density at radius 3 is 2.50 bits per heavy atom. The molecule has 3 heteroatoms. The van der Waals surface area contributed by atoms with E-state index in [2.05, 4.69) is 4.90 Å². The van der Waals surface area contributed by atoms with E-state index in [0.29, 0.717) is 6.04 Å². The Morgan fingerprint density at radius 2 is 2.20 bits per heavy atom. The third kappa shape index (κ3) is 1.48. The van der Waals surface area contributed by atoms with Crippen molar-refractivity contribution in [3.05, 3.63) is 0 Å². The Morgan fingerprint density at radius 1 is 1.70 bits per heavy atom. The molecule has 0 aromatic carbocycles. The fourth-order valence-corrected chi connectivity index (χ4v) is 1.02. The van der Waals surface area contributed by atoms with Crippen molar-refractivity contribution in [2.45, 2.75) is 31.8 Å². The maximum Gasteiger partial charge on any atom is 0.108 e. The van der Waals surface area contributed by atoms with Crippen LogP contribution in [0, 0.1) is 5.41 Å². The van der Waals surface area contributed by atoms with E-state index in [9.17, 15) is 0 Å². The van der Waals surface area contributed by atoms with Crippen LogP contribution in [0.3, 0.4) is 0 Å². The second-order valence-corrected chi connectivity index (χ2v) is 3.03. The van der Waals surface area contributed by atoms with Gasteiger partial charge >= 0.3 is 0 Å². The zero-order chi connectivity index (χ0) is 7.72. The molecule has 0 aromatic heterocycles. The Balaban J connectivity index is 2.38. The Hall–Kier alpha value is -0.570. The first-order valence-electron chi connectivity index (χ1n) is 3.68. The van der Waals surface area contributed by atoms with Gasteiger partial charge in [-0.2, -0.15) is 0 Å². The third-order valence-corrected chi connectivity index (χ3v) is 2.18. The van der Waals surface area contributed by atoms with E-state index in [1.165, 1.54) is 12.8 Å². The highest BCUT2D eigenvalue weighted by Gasteiger charge is 2.29. The van der Waals surface area contributed by atoms with Gasteiger partial charge < -0.3 is 5.73 Å². The molecule has 1 unspecified atom stereocenters. The van der Waals surface area contributed by atoms with Crippen molar-refractivity contribution in [1.82, 2.24) is 4.90 Å². The smallest absolute Gasteiger partial charge is 0.108 e. The molecule has 0 aromatic rings. The summed E-state index contributed by atoms with van der Waals surface area (Å²) >= 11 is 0. The van der Waals surface area contributed by atoms with Crippen molar-refractivity contribution >= 4 is 5.84 Å². The van der Waals surface area contributed by atoms with Crippen molar-refractivity contribution in [3.63, 3.8) is 0 Å². The number of hydrogen-bond donors (Lipinski definition) is 2. The lowest BCUT2D eigenvalue weighted by Gasteiger charge is -2.22. The van der Waals surface area contributed by atoms with Gasteiger partial charge in [-0.25, -0.2) is 0 Å². The monoisotopic (exact) mass is 141 g/mol. The first-order valence-corrected chi connectivity index (χ1v) is 3.68. The molecular formula is C7H15N3. The second kappa shape index (κ2) is 2.58. The average molecular weight is 141 g/mol. The van der Waals surface area contributed by atoms with Crippen LogP contribution in [0.4, 0.5) is 0 Å². The van der Waals surface area contributed by atoms with Crippen LogP contribution in [0.5, 0.6) is 0 Å². The van der Waals surface area contributed by atoms with Gasteiger partial charge in [0.05, 0.1) is 6.04 Å². The van der Waals surface area contributed by atoms with Crippen molar-refractivity contribution in [3.8, 4) is 0 Å². The molecule has 3 nitrogen and oxygen atoms in total. The van der Waals surface area contributed by atoms with E-state index < -0.39 is 0 Å². The number of hydrogen-bond acceptors (Lipinski definition) is 2. The molecule has 0 radical (unpaired) electrons. The van der Waals surface area contributed by atoms with E-state index >= 15 is 0 Å². The molecule has 0 saturated heterocycles. The van der Waals surface area contributed by atoms with Gasteiger partial charge in [0, 0.05) is 6.04 Å². The number of amidine groups is 1. The molecule has 1 fully saturated rings. The van der Waals surface area contributed by atoms with Gasteiger partial charge in [0.1, 0.15) is 5.84 Å². The molecule has 10 heavy (non-hydrogen) atoms. The van der Waals surface area contributed by atoms with Crippen molar-refractivity contribution in [1.29, 1.82) is 5.41 Å². The predicted octanol–water partition coefficient (Wildman–Crippen LogP) is 0.405. The Bertz CT molecular complexity index is 140. The van der Waals surface area contributed by atoms with Crippen LogP contribution in [0.25, 0.3) is 0 Å². The summed E-state index contributed by atoms with van der Waals surface area (Å²) in [6, 6.07) is 0.811. The zero-order valence-electron chi connectivity index (χ0n) is 6.59. The summed E-state index contributed by atoms with van der Waals surface area (Å²) < 4.78 is 0. The number of rotatable bonds is 3. The van der Waals surface area contributed by atoms with Crippen LogP contribution in [0.2, 0.25) is 0 Å². The summed E-state index contributed by atoms with van der Waals surface area (Å²) in [5, 5.41) is 7.19. The lowest BCUT2D eigenvalue weighted by atomic mass is 10.3. The fraction of sp³-hybridized carbons (Fsp3) is 0.857. The topological polar surface area (TPSA) is 53.1 Å². The number of nitrogens with zero attached hydrogens (tertiary/aromatic N) is 1. The van der Waals surface area contributed by atoms with E-state index in [1.54, 1.807) is 0 Å². The predicted molar refractivity (Wildman–Crippen MR) is 42.2 cm³/mol. The van der Waals surface area contributed by atoms with Gasteiger partial charge in [0.2, 0.25) is 0 Å². The molecule has 58 valence electrons. The average Bonchev–Trinajstić information content (AvgIpc) is 2.65. The molecule has 1 aliphatic carbocycles. The SMILES string of the molecule is CC(C(=N)N)N(C)C1CC1. The largest absolute Gasteiger partial charge is 0.386 e. The van der Waals surface area contributed by atoms with Crippen LogP contribution in [0.15, 0.2) is 0 Å². The number of likely N-dealkylation sites (N-methyl/N-ethyl adjacent to an activating group) is 1. The Labute approximate surface area is 61.7 Å². The van der Waals surface area contributed by atoms with Crippen LogP contribution >= 0.6 is 0 Å². The highest BCUT2D eigenvalue weighted by atomic mass is 15.2. The third-order valence-electron chi connectivity index (χ3n) is 2.18. The van der Waals surface area contributed by atoms with Gasteiger partial charge in [0.15, 0.2) is 0 Å². The van der Waals surface area contributed by atoms with Crippen LogP contribution in [0.1, 0.15) is 19.8 Å². The zero-order valence-corrected chi connectivity index (χ0v) is 6.59.